The van der Waals surface area contributed by atoms with Crippen molar-refractivity contribution in [2.45, 2.75) is 25.8 Å². The van der Waals surface area contributed by atoms with E-state index in [2.05, 4.69) is 34.7 Å². The number of aromatic nitrogens is 4. The summed E-state index contributed by atoms with van der Waals surface area (Å²) < 4.78 is 13.0. The van der Waals surface area contributed by atoms with Gasteiger partial charge in [-0.2, -0.15) is 4.68 Å². The molecular weight excluding hydrogens is 366 g/mol. The molecule has 2 aromatic carbocycles. The first-order chi connectivity index (χ1) is 13.1. The van der Waals surface area contributed by atoms with Crippen LogP contribution in [0.5, 0.6) is 11.5 Å². The van der Waals surface area contributed by atoms with E-state index in [-0.39, 0.29) is 0 Å². The molecule has 0 saturated heterocycles. The smallest absolute Gasteiger partial charge is 0.181 e. The summed E-state index contributed by atoms with van der Waals surface area (Å²) in [4.78, 5) is 0. The summed E-state index contributed by atoms with van der Waals surface area (Å²) in [7, 11) is 0. The zero-order valence-corrected chi connectivity index (χ0v) is 15.9. The largest absolute Gasteiger partial charge is 0.486 e. The van der Waals surface area contributed by atoms with Crippen LogP contribution in [0, 0.1) is 0 Å². The lowest BCUT2D eigenvalue weighted by molar-refractivity contribution is 0.171. The fourth-order valence-corrected chi connectivity index (χ4v) is 3.16. The minimum absolute atomic E-state index is 0.493. The van der Waals surface area contributed by atoms with Crippen LogP contribution >= 0.6 is 11.6 Å². The number of benzene rings is 2. The molecule has 0 saturated carbocycles. The molecule has 1 unspecified atom stereocenters. The average molecular weight is 386 g/mol. The van der Waals surface area contributed by atoms with Gasteiger partial charge in [-0.1, -0.05) is 18.5 Å². The monoisotopic (exact) mass is 385 g/mol. The van der Waals surface area contributed by atoms with Crippen molar-refractivity contribution in [3.63, 3.8) is 0 Å². The Kier molecular flexibility index (Phi) is 4.61. The second kappa shape index (κ2) is 7.08. The Morgan fingerprint density at radius 3 is 2.59 bits per heavy atom. The van der Waals surface area contributed by atoms with Crippen molar-refractivity contribution in [2.24, 2.45) is 0 Å². The van der Waals surface area contributed by atoms with Crippen LogP contribution in [0.3, 0.4) is 0 Å². The van der Waals surface area contributed by atoms with Gasteiger partial charge in [-0.3, -0.25) is 0 Å². The molecule has 2 heterocycles. The standard InChI is InChI=1S/C19H20ClN5O2/c1-3-19(2,21-14-6-9-16-17(12-14)27-11-10-26-16)18-22-23-24-25(18)15-7-4-13(20)5-8-15/h4-9,12,21H,3,10-11H2,1-2H3. The molecule has 7 nitrogen and oxygen atoms in total. The van der Waals surface area contributed by atoms with E-state index >= 15 is 0 Å². The topological polar surface area (TPSA) is 74.1 Å². The van der Waals surface area contributed by atoms with Crippen LogP contribution in [0.1, 0.15) is 26.1 Å². The van der Waals surface area contributed by atoms with E-state index in [4.69, 9.17) is 21.1 Å². The first kappa shape index (κ1) is 17.6. The molecule has 1 aliphatic rings. The number of anilines is 1. The Bertz CT molecular complexity index is 944. The number of hydrogen-bond acceptors (Lipinski definition) is 6. The molecule has 8 heteroatoms. The number of rotatable bonds is 5. The molecule has 1 aliphatic heterocycles. The number of nitrogens with one attached hydrogen (secondary N) is 1. The molecule has 27 heavy (non-hydrogen) atoms. The molecule has 1 aromatic heterocycles. The third kappa shape index (κ3) is 3.42. The highest BCUT2D eigenvalue weighted by Crippen LogP contribution is 2.36. The van der Waals surface area contributed by atoms with Gasteiger partial charge in [-0.25, -0.2) is 0 Å². The Balaban J connectivity index is 1.67. The van der Waals surface area contributed by atoms with Crippen LogP contribution in [0.25, 0.3) is 5.69 Å². The van der Waals surface area contributed by atoms with Crippen LogP contribution in [-0.2, 0) is 5.54 Å². The Hall–Kier alpha value is -2.80. The summed E-state index contributed by atoms with van der Waals surface area (Å²) in [5.74, 6) is 2.21. The van der Waals surface area contributed by atoms with E-state index in [0.717, 1.165) is 29.3 Å². The van der Waals surface area contributed by atoms with Crippen molar-refractivity contribution in [1.82, 2.24) is 20.2 Å². The molecular formula is C19H20ClN5O2. The molecule has 1 atom stereocenters. The minimum Gasteiger partial charge on any atom is -0.486 e. The fourth-order valence-electron chi connectivity index (χ4n) is 3.03. The van der Waals surface area contributed by atoms with E-state index in [1.807, 2.05) is 42.5 Å². The molecule has 1 N–H and O–H groups in total. The molecule has 0 spiro atoms. The number of tetrazole rings is 1. The lowest BCUT2D eigenvalue weighted by Crippen LogP contribution is -2.34. The zero-order valence-electron chi connectivity index (χ0n) is 15.1. The second-order valence-electron chi connectivity index (χ2n) is 6.56. The van der Waals surface area contributed by atoms with Gasteiger partial charge in [0.2, 0.25) is 0 Å². The van der Waals surface area contributed by atoms with Crippen LogP contribution < -0.4 is 14.8 Å². The molecule has 0 radical (unpaired) electrons. The van der Waals surface area contributed by atoms with Crippen LogP contribution in [0.2, 0.25) is 5.02 Å². The van der Waals surface area contributed by atoms with Gasteiger partial charge in [0, 0.05) is 16.8 Å². The van der Waals surface area contributed by atoms with E-state index in [0.29, 0.717) is 24.1 Å². The maximum Gasteiger partial charge on any atom is 0.181 e. The number of fused-ring (bicyclic) bond motifs is 1. The summed E-state index contributed by atoms with van der Waals surface area (Å²) in [5, 5.41) is 16.6. The number of ether oxygens (including phenoxy) is 2. The second-order valence-corrected chi connectivity index (χ2v) is 7.00. The summed E-state index contributed by atoms with van der Waals surface area (Å²) in [6.45, 7) is 5.28. The van der Waals surface area contributed by atoms with Gasteiger partial charge < -0.3 is 14.8 Å². The quantitative estimate of drug-likeness (QED) is 0.719. The molecule has 0 aliphatic carbocycles. The van der Waals surface area contributed by atoms with E-state index in [1.165, 1.54) is 0 Å². The van der Waals surface area contributed by atoms with Gasteiger partial charge >= 0.3 is 0 Å². The van der Waals surface area contributed by atoms with Crippen LogP contribution in [-0.4, -0.2) is 33.4 Å². The normalized spacial score (nSPS) is 15.2. The third-order valence-corrected chi connectivity index (χ3v) is 4.96. The van der Waals surface area contributed by atoms with Crippen molar-refractivity contribution >= 4 is 17.3 Å². The van der Waals surface area contributed by atoms with Gasteiger partial charge in [0.25, 0.3) is 0 Å². The molecule has 140 valence electrons. The van der Waals surface area contributed by atoms with Crippen molar-refractivity contribution in [2.75, 3.05) is 18.5 Å². The van der Waals surface area contributed by atoms with Gasteiger partial charge in [0.1, 0.15) is 13.2 Å². The van der Waals surface area contributed by atoms with Gasteiger partial charge in [-0.05, 0) is 60.2 Å². The first-order valence-corrected chi connectivity index (χ1v) is 9.19. The minimum atomic E-state index is -0.493. The fraction of sp³-hybridized carbons (Fsp3) is 0.316. The van der Waals surface area contributed by atoms with Gasteiger partial charge in [0.05, 0.1) is 11.2 Å². The number of hydrogen-bond donors (Lipinski definition) is 1. The first-order valence-electron chi connectivity index (χ1n) is 8.82. The van der Waals surface area contributed by atoms with Crippen molar-refractivity contribution < 1.29 is 9.47 Å². The summed E-state index contributed by atoms with van der Waals surface area (Å²) in [5.41, 5.74) is 1.27. The predicted octanol–water partition coefficient (Wildman–Crippen LogP) is 3.82. The Labute approximate surface area is 162 Å². The maximum absolute atomic E-state index is 6.00. The molecule has 0 bridgehead atoms. The third-order valence-electron chi connectivity index (χ3n) is 4.70. The highest BCUT2D eigenvalue weighted by atomic mass is 35.5. The van der Waals surface area contributed by atoms with Gasteiger partial charge in [0.15, 0.2) is 17.3 Å². The van der Waals surface area contributed by atoms with Crippen molar-refractivity contribution in [1.29, 1.82) is 0 Å². The average Bonchev–Trinajstić information content (AvgIpc) is 3.19. The maximum atomic E-state index is 6.00. The van der Waals surface area contributed by atoms with E-state index in [1.54, 1.807) is 4.68 Å². The highest BCUT2D eigenvalue weighted by Gasteiger charge is 2.32. The molecule has 4 rings (SSSR count). The van der Waals surface area contributed by atoms with Gasteiger partial charge in [-0.15, -0.1) is 5.10 Å². The lowest BCUT2D eigenvalue weighted by atomic mass is 9.97. The summed E-state index contributed by atoms with van der Waals surface area (Å²) in [6, 6.07) is 13.2. The molecule has 0 amide bonds. The predicted molar refractivity (Wildman–Crippen MR) is 103 cm³/mol. The SMILES string of the molecule is CCC(C)(Nc1ccc2c(c1)OCCO2)c1nnnn1-c1ccc(Cl)cc1. The Morgan fingerprint density at radius 1 is 1.11 bits per heavy atom. The van der Waals surface area contributed by atoms with Crippen molar-refractivity contribution in [3.8, 4) is 17.2 Å². The van der Waals surface area contributed by atoms with Crippen molar-refractivity contribution in [3.05, 3.63) is 53.3 Å². The summed E-state index contributed by atoms with van der Waals surface area (Å²) in [6.07, 6.45) is 0.773. The zero-order chi connectivity index (χ0) is 18.9. The van der Waals surface area contributed by atoms with Crippen LogP contribution in [0.4, 0.5) is 5.69 Å². The number of nitrogens with zero attached hydrogens (tertiary/aromatic N) is 4. The van der Waals surface area contributed by atoms with Crippen LogP contribution in [0.15, 0.2) is 42.5 Å². The van der Waals surface area contributed by atoms with E-state index in [9.17, 15) is 0 Å². The lowest BCUT2D eigenvalue weighted by Gasteiger charge is -2.30. The van der Waals surface area contributed by atoms with E-state index < -0.39 is 5.54 Å². The number of halogens is 1. The summed E-state index contributed by atoms with van der Waals surface area (Å²) >= 11 is 6.00. The highest BCUT2D eigenvalue weighted by molar-refractivity contribution is 6.30. The Morgan fingerprint density at radius 2 is 1.85 bits per heavy atom. The molecule has 0 fully saturated rings. The molecule has 3 aromatic rings.